The van der Waals surface area contributed by atoms with Crippen LogP contribution in [0.25, 0.3) is 0 Å². The fraction of sp³-hybridized carbons (Fsp3) is 0.600. The van der Waals surface area contributed by atoms with Crippen LogP contribution < -0.4 is 5.73 Å². The summed E-state index contributed by atoms with van der Waals surface area (Å²) in [6.45, 7) is 2.94. The molecule has 1 aromatic carbocycles. The van der Waals surface area contributed by atoms with Crippen molar-refractivity contribution in [2.75, 3.05) is 13.1 Å². The predicted octanol–water partition coefficient (Wildman–Crippen LogP) is 2.76. The summed E-state index contributed by atoms with van der Waals surface area (Å²) < 4.78 is 14.1. The Bertz CT molecular complexity index is 434. The number of hydrogen-bond donors (Lipinski definition) is 1. The van der Waals surface area contributed by atoms with Gasteiger partial charge in [-0.1, -0.05) is 12.1 Å². The van der Waals surface area contributed by atoms with Crippen LogP contribution in [0.2, 0.25) is 0 Å². The van der Waals surface area contributed by atoms with Gasteiger partial charge in [-0.3, -0.25) is 4.90 Å². The molecule has 2 N–H and O–H groups in total. The van der Waals surface area contributed by atoms with Crippen LogP contribution in [0.15, 0.2) is 18.2 Å². The molecule has 0 aromatic heterocycles. The monoisotopic (exact) mass is 248 g/mol. The normalized spacial score (nSPS) is 23.0. The van der Waals surface area contributed by atoms with E-state index >= 15 is 0 Å². The van der Waals surface area contributed by atoms with Crippen LogP contribution in [-0.4, -0.2) is 18.0 Å². The van der Waals surface area contributed by atoms with Gasteiger partial charge in [0.15, 0.2) is 0 Å². The molecule has 1 aliphatic heterocycles. The van der Waals surface area contributed by atoms with E-state index in [-0.39, 0.29) is 11.4 Å². The number of rotatable bonds is 3. The van der Waals surface area contributed by atoms with E-state index < -0.39 is 0 Å². The average Bonchev–Trinajstić information content (AvgIpc) is 2.81. The largest absolute Gasteiger partial charge is 0.321 e. The van der Waals surface area contributed by atoms with E-state index in [1.165, 1.54) is 12.8 Å². The Kier molecular flexibility index (Phi) is 3.12. The summed E-state index contributed by atoms with van der Waals surface area (Å²) in [4.78, 5) is 2.32. The van der Waals surface area contributed by atoms with E-state index in [1.807, 2.05) is 12.1 Å². The molecule has 0 amide bonds. The van der Waals surface area contributed by atoms with Crippen molar-refractivity contribution >= 4 is 0 Å². The molecule has 3 rings (SSSR count). The van der Waals surface area contributed by atoms with Crippen LogP contribution in [0, 0.1) is 5.82 Å². The molecule has 18 heavy (non-hydrogen) atoms. The zero-order valence-corrected chi connectivity index (χ0v) is 10.8. The first kappa shape index (κ1) is 12.1. The van der Waals surface area contributed by atoms with Gasteiger partial charge in [-0.05, 0) is 56.8 Å². The standard InChI is InChI=1S/C15H21FN2/c16-14-10-13(15(17)6-3-7-15)5-4-12(14)11-18-8-1-2-9-18/h4-5,10H,1-3,6-9,11,17H2. The highest BCUT2D eigenvalue weighted by atomic mass is 19.1. The third kappa shape index (κ3) is 2.17. The van der Waals surface area contributed by atoms with Crippen molar-refractivity contribution in [3.05, 3.63) is 35.1 Å². The van der Waals surface area contributed by atoms with E-state index in [4.69, 9.17) is 5.73 Å². The van der Waals surface area contributed by atoms with E-state index in [0.717, 1.165) is 50.0 Å². The molecule has 0 bridgehead atoms. The molecule has 0 unspecified atom stereocenters. The Labute approximate surface area is 108 Å². The van der Waals surface area contributed by atoms with Gasteiger partial charge in [0.05, 0.1) is 0 Å². The Hall–Kier alpha value is -0.930. The van der Waals surface area contributed by atoms with Gasteiger partial charge in [-0.25, -0.2) is 4.39 Å². The van der Waals surface area contributed by atoms with Gasteiger partial charge in [0.25, 0.3) is 0 Å². The molecule has 1 saturated heterocycles. The van der Waals surface area contributed by atoms with E-state index in [2.05, 4.69) is 4.90 Å². The topological polar surface area (TPSA) is 29.3 Å². The lowest BCUT2D eigenvalue weighted by molar-refractivity contribution is 0.252. The highest BCUT2D eigenvalue weighted by molar-refractivity contribution is 5.31. The Morgan fingerprint density at radius 3 is 2.44 bits per heavy atom. The molecule has 3 heteroatoms. The molecule has 2 fully saturated rings. The average molecular weight is 248 g/mol. The van der Waals surface area contributed by atoms with Crippen molar-refractivity contribution in [2.24, 2.45) is 5.73 Å². The third-order valence-electron chi connectivity index (χ3n) is 4.47. The second-order valence-electron chi connectivity index (χ2n) is 5.80. The summed E-state index contributed by atoms with van der Waals surface area (Å²) in [5, 5.41) is 0. The minimum absolute atomic E-state index is 0.0869. The number of nitrogens with zero attached hydrogens (tertiary/aromatic N) is 1. The third-order valence-corrected chi connectivity index (χ3v) is 4.47. The molecular formula is C15H21FN2. The Balaban J connectivity index is 1.76. The first-order chi connectivity index (χ1) is 8.67. The summed E-state index contributed by atoms with van der Waals surface area (Å²) in [7, 11) is 0. The quantitative estimate of drug-likeness (QED) is 0.891. The number of benzene rings is 1. The summed E-state index contributed by atoms with van der Waals surface area (Å²) in [5.41, 5.74) is 7.75. The van der Waals surface area contributed by atoms with Crippen molar-refractivity contribution in [1.82, 2.24) is 4.90 Å². The second kappa shape index (κ2) is 4.63. The summed E-state index contributed by atoms with van der Waals surface area (Å²) in [6.07, 6.45) is 5.61. The lowest BCUT2D eigenvalue weighted by Crippen LogP contribution is -2.43. The van der Waals surface area contributed by atoms with Gasteiger partial charge in [0.2, 0.25) is 0 Å². The minimum atomic E-state index is -0.257. The number of halogens is 1. The van der Waals surface area contributed by atoms with Crippen LogP contribution in [-0.2, 0) is 12.1 Å². The predicted molar refractivity (Wildman–Crippen MR) is 70.6 cm³/mol. The lowest BCUT2D eigenvalue weighted by Gasteiger charge is -2.38. The number of hydrogen-bond acceptors (Lipinski definition) is 2. The van der Waals surface area contributed by atoms with Gasteiger partial charge in [-0.2, -0.15) is 0 Å². The molecular weight excluding hydrogens is 227 g/mol. The highest BCUT2D eigenvalue weighted by Crippen LogP contribution is 2.39. The maximum absolute atomic E-state index is 14.1. The molecule has 1 aliphatic carbocycles. The van der Waals surface area contributed by atoms with Crippen molar-refractivity contribution in [3.8, 4) is 0 Å². The van der Waals surface area contributed by atoms with Gasteiger partial charge in [0.1, 0.15) is 5.82 Å². The van der Waals surface area contributed by atoms with Crippen molar-refractivity contribution < 1.29 is 4.39 Å². The SMILES string of the molecule is NC1(c2ccc(CN3CCCC3)c(F)c2)CCC1. The maximum atomic E-state index is 14.1. The molecule has 1 saturated carbocycles. The van der Waals surface area contributed by atoms with Crippen molar-refractivity contribution in [1.29, 1.82) is 0 Å². The number of likely N-dealkylation sites (tertiary alicyclic amines) is 1. The van der Waals surface area contributed by atoms with Crippen LogP contribution >= 0.6 is 0 Å². The number of nitrogens with two attached hydrogens (primary N) is 1. The molecule has 2 aliphatic rings. The van der Waals surface area contributed by atoms with Crippen LogP contribution in [0.3, 0.4) is 0 Å². The van der Waals surface area contributed by atoms with E-state index in [1.54, 1.807) is 6.07 Å². The van der Waals surface area contributed by atoms with Crippen molar-refractivity contribution in [3.63, 3.8) is 0 Å². The van der Waals surface area contributed by atoms with E-state index in [9.17, 15) is 4.39 Å². The molecule has 0 radical (unpaired) electrons. The fourth-order valence-corrected chi connectivity index (χ4v) is 3.01. The van der Waals surface area contributed by atoms with Gasteiger partial charge in [0, 0.05) is 17.6 Å². The lowest BCUT2D eigenvalue weighted by atomic mass is 9.72. The smallest absolute Gasteiger partial charge is 0.128 e. The molecule has 0 spiro atoms. The van der Waals surface area contributed by atoms with E-state index in [0.29, 0.717) is 0 Å². The second-order valence-corrected chi connectivity index (χ2v) is 5.80. The summed E-state index contributed by atoms with van der Waals surface area (Å²) >= 11 is 0. The maximum Gasteiger partial charge on any atom is 0.128 e. The zero-order valence-electron chi connectivity index (χ0n) is 10.8. The van der Waals surface area contributed by atoms with Gasteiger partial charge >= 0.3 is 0 Å². The fourth-order valence-electron chi connectivity index (χ4n) is 3.01. The first-order valence-corrected chi connectivity index (χ1v) is 6.98. The summed E-state index contributed by atoms with van der Waals surface area (Å²) in [6, 6.07) is 5.61. The van der Waals surface area contributed by atoms with Crippen LogP contribution in [0.1, 0.15) is 43.2 Å². The Morgan fingerprint density at radius 2 is 1.89 bits per heavy atom. The van der Waals surface area contributed by atoms with Gasteiger partial charge < -0.3 is 5.73 Å². The molecule has 2 nitrogen and oxygen atoms in total. The Morgan fingerprint density at radius 1 is 1.17 bits per heavy atom. The molecule has 1 aromatic rings. The molecule has 1 heterocycles. The summed E-state index contributed by atoms with van der Waals surface area (Å²) in [5.74, 6) is -0.0869. The van der Waals surface area contributed by atoms with Crippen LogP contribution in [0.4, 0.5) is 4.39 Å². The zero-order chi connectivity index (χ0) is 12.6. The highest BCUT2D eigenvalue weighted by Gasteiger charge is 2.34. The van der Waals surface area contributed by atoms with Crippen LogP contribution in [0.5, 0.6) is 0 Å². The first-order valence-electron chi connectivity index (χ1n) is 6.98. The van der Waals surface area contributed by atoms with Gasteiger partial charge in [-0.15, -0.1) is 0 Å². The molecule has 98 valence electrons. The minimum Gasteiger partial charge on any atom is -0.321 e. The van der Waals surface area contributed by atoms with Crippen molar-refractivity contribution in [2.45, 2.75) is 44.2 Å². The molecule has 0 atom stereocenters.